The summed E-state index contributed by atoms with van der Waals surface area (Å²) in [6, 6.07) is 7.20. The van der Waals surface area contributed by atoms with E-state index in [0.717, 1.165) is 0 Å². The van der Waals surface area contributed by atoms with Crippen LogP contribution in [0, 0.1) is 0 Å². The Bertz CT molecular complexity index is 484. The van der Waals surface area contributed by atoms with Gasteiger partial charge in [0, 0.05) is 17.9 Å². The number of amides is 2. The molecule has 2 amide bonds. The molecule has 110 valence electrons. The molecule has 0 aliphatic heterocycles. The Balaban J connectivity index is 2.31. The number of para-hydroxylation sites is 1. The molecule has 0 fully saturated rings. The number of hydrogen-bond donors (Lipinski definition) is 3. The molecular formula is C14H20N2O3S. The fourth-order valence-electron chi connectivity index (χ4n) is 1.38. The second kappa shape index (κ2) is 7.19. The third-order valence-electron chi connectivity index (χ3n) is 2.20. The minimum atomic E-state index is -0.544. The number of carbonyl (C=O) groups is 2. The molecule has 20 heavy (non-hydrogen) atoms. The molecule has 0 spiro atoms. The first-order chi connectivity index (χ1) is 9.28. The maximum Gasteiger partial charge on any atom is 0.407 e. The molecule has 0 bridgehead atoms. The van der Waals surface area contributed by atoms with E-state index in [1.165, 1.54) is 0 Å². The van der Waals surface area contributed by atoms with Crippen LogP contribution in [0.25, 0.3) is 0 Å². The second-order valence-electron chi connectivity index (χ2n) is 5.24. The van der Waals surface area contributed by atoms with Gasteiger partial charge in [-0.15, -0.1) is 12.6 Å². The summed E-state index contributed by atoms with van der Waals surface area (Å²) in [4.78, 5) is 23.8. The molecule has 0 radical (unpaired) electrons. The molecule has 0 saturated carbocycles. The number of thiol groups is 1. The highest BCUT2D eigenvalue weighted by atomic mass is 32.1. The van der Waals surface area contributed by atoms with Crippen LogP contribution in [0.15, 0.2) is 29.2 Å². The van der Waals surface area contributed by atoms with Crippen molar-refractivity contribution in [2.45, 2.75) is 37.7 Å². The molecule has 0 aromatic heterocycles. The number of carbonyl (C=O) groups excluding carboxylic acids is 2. The maximum absolute atomic E-state index is 11.7. The molecule has 6 heteroatoms. The normalized spacial score (nSPS) is 10.8. The lowest BCUT2D eigenvalue weighted by atomic mass is 10.2. The van der Waals surface area contributed by atoms with Gasteiger partial charge in [0.2, 0.25) is 5.91 Å². The highest BCUT2D eigenvalue weighted by Crippen LogP contribution is 2.18. The fraction of sp³-hybridized carbons (Fsp3) is 0.429. The number of ether oxygens (including phenoxy) is 1. The zero-order valence-electron chi connectivity index (χ0n) is 11.9. The fourth-order valence-corrected chi connectivity index (χ4v) is 1.60. The van der Waals surface area contributed by atoms with Gasteiger partial charge in [-0.05, 0) is 32.9 Å². The Labute approximate surface area is 124 Å². The molecule has 1 rings (SSSR count). The Morgan fingerprint density at radius 1 is 1.25 bits per heavy atom. The largest absolute Gasteiger partial charge is 0.444 e. The SMILES string of the molecule is CC(C)(C)OC(=O)NCCC(=O)Nc1ccccc1S. The number of benzene rings is 1. The third kappa shape index (κ3) is 6.47. The van der Waals surface area contributed by atoms with E-state index in [2.05, 4.69) is 23.3 Å². The van der Waals surface area contributed by atoms with Gasteiger partial charge in [0.1, 0.15) is 5.60 Å². The lowest BCUT2D eigenvalue weighted by Crippen LogP contribution is -2.34. The van der Waals surface area contributed by atoms with E-state index in [1.54, 1.807) is 32.9 Å². The van der Waals surface area contributed by atoms with Gasteiger partial charge < -0.3 is 15.4 Å². The average molecular weight is 296 g/mol. The summed E-state index contributed by atoms with van der Waals surface area (Å²) in [6.45, 7) is 5.56. The van der Waals surface area contributed by atoms with Gasteiger partial charge in [0.25, 0.3) is 0 Å². The minimum absolute atomic E-state index is 0.168. The van der Waals surface area contributed by atoms with E-state index in [1.807, 2.05) is 12.1 Å². The van der Waals surface area contributed by atoms with Crippen LogP contribution in [-0.4, -0.2) is 24.1 Å². The quantitative estimate of drug-likeness (QED) is 0.748. The summed E-state index contributed by atoms with van der Waals surface area (Å²) in [6.07, 6.45) is -0.360. The first-order valence-corrected chi connectivity index (χ1v) is 6.77. The highest BCUT2D eigenvalue weighted by Gasteiger charge is 2.15. The van der Waals surface area contributed by atoms with Crippen molar-refractivity contribution in [1.29, 1.82) is 0 Å². The molecular weight excluding hydrogens is 276 g/mol. The zero-order chi connectivity index (χ0) is 15.2. The number of alkyl carbamates (subject to hydrolysis) is 1. The number of rotatable bonds is 4. The number of anilines is 1. The molecule has 0 aliphatic rings. The van der Waals surface area contributed by atoms with Crippen LogP contribution < -0.4 is 10.6 Å². The highest BCUT2D eigenvalue weighted by molar-refractivity contribution is 7.80. The van der Waals surface area contributed by atoms with E-state index in [9.17, 15) is 9.59 Å². The van der Waals surface area contributed by atoms with Gasteiger partial charge >= 0.3 is 6.09 Å². The predicted molar refractivity (Wildman–Crippen MR) is 81.2 cm³/mol. The first-order valence-electron chi connectivity index (χ1n) is 6.32. The van der Waals surface area contributed by atoms with Crippen molar-refractivity contribution in [2.75, 3.05) is 11.9 Å². The molecule has 5 nitrogen and oxygen atoms in total. The first kappa shape index (κ1) is 16.4. The van der Waals surface area contributed by atoms with E-state index < -0.39 is 11.7 Å². The summed E-state index contributed by atoms with van der Waals surface area (Å²) >= 11 is 4.24. The van der Waals surface area contributed by atoms with E-state index in [0.29, 0.717) is 10.6 Å². The van der Waals surface area contributed by atoms with Gasteiger partial charge in [-0.3, -0.25) is 4.79 Å². The lowest BCUT2D eigenvalue weighted by Gasteiger charge is -2.19. The van der Waals surface area contributed by atoms with Crippen molar-refractivity contribution < 1.29 is 14.3 Å². The van der Waals surface area contributed by atoms with Crippen LogP contribution in [0.4, 0.5) is 10.5 Å². The smallest absolute Gasteiger partial charge is 0.407 e. The summed E-state index contributed by atoms with van der Waals surface area (Å²) in [7, 11) is 0. The topological polar surface area (TPSA) is 67.4 Å². The Kier molecular flexibility index (Phi) is 5.88. The van der Waals surface area contributed by atoms with Gasteiger partial charge in [-0.1, -0.05) is 12.1 Å². The van der Waals surface area contributed by atoms with Crippen molar-refractivity contribution in [1.82, 2.24) is 5.32 Å². The number of nitrogens with one attached hydrogen (secondary N) is 2. The summed E-state index contributed by atoms with van der Waals surface area (Å²) in [5.41, 5.74) is 0.107. The lowest BCUT2D eigenvalue weighted by molar-refractivity contribution is -0.116. The third-order valence-corrected chi connectivity index (χ3v) is 2.59. The molecule has 2 N–H and O–H groups in total. The average Bonchev–Trinajstić information content (AvgIpc) is 2.29. The van der Waals surface area contributed by atoms with Crippen LogP contribution in [-0.2, 0) is 9.53 Å². The second-order valence-corrected chi connectivity index (χ2v) is 5.73. The van der Waals surface area contributed by atoms with Crippen LogP contribution in [0.1, 0.15) is 27.2 Å². The van der Waals surface area contributed by atoms with Gasteiger partial charge in [-0.25, -0.2) is 4.79 Å². The van der Waals surface area contributed by atoms with Gasteiger partial charge in [0.15, 0.2) is 0 Å². The summed E-state index contributed by atoms with van der Waals surface area (Å²) in [5, 5.41) is 5.25. The van der Waals surface area contributed by atoms with Crippen molar-refractivity contribution in [3.63, 3.8) is 0 Å². The van der Waals surface area contributed by atoms with Crippen LogP contribution >= 0.6 is 12.6 Å². The van der Waals surface area contributed by atoms with Crippen molar-refractivity contribution in [3.05, 3.63) is 24.3 Å². The zero-order valence-corrected chi connectivity index (χ0v) is 12.8. The molecule has 0 heterocycles. The Morgan fingerprint density at radius 2 is 1.90 bits per heavy atom. The summed E-state index contributed by atoms with van der Waals surface area (Å²) < 4.78 is 5.06. The number of hydrogen-bond acceptors (Lipinski definition) is 4. The minimum Gasteiger partial charge on any atom is -0.444 e. The van der Waals surface area contributed by atoms with Crippen molar-refractivity contribution >= 4 is 30.3 Å². The van der Waals surface area contributed by atoms with Crippen LogP contribution in [0.3, 0.4) is 0 Å². The van der Waals surface area contributed by atoms with Crippen LogP contribution in [0.2, 0.25) is 0 Å². The summed E-state index contributed by atoms with van der Waals surface area (Å²) in [5.74, 6) is -0.192. The molecule has 0 saturated heterocycles. The van der Waals surface area contributed by atoms with E-state index in [-0.39, 0.29) is 18.9 Å². The molecule has 0 unspecified atom stereocenters. The van der Waals surface area contributed by atoms with Crippen LogP contribution in [0.5, 0.6) is 0 Å². The van der Waals surface area contributed by atoms with Gasteiger partial charge in [-0.2, -0.15) is 0 Å². The van der Waals surface area contributed by atoms with Crippen molar-refractivity contribution in [3.8, 4) is 0 Å². The molecule has 0 aliphatic carbocycles. The standard InChI is InChI=1S/C14H20N2O3S/c1-14(2,3)19-13(18)15-9-8-12(17)16-10-6-4-5-7-11(10)20/h4-7,20H,8-9H2,1-3H3,(H,15,18)(H,16,17). The molecule has 0 atom stereocenters. The monoisotopic (exact) mass is 296 g/mol. The van der Waals surface area contributed by atoms with Crippen molar-refractivity contribution in [2.24, 2.45) is 0 Å². The Hall–Kier alpha value is -1.69. The maximum atomic E-state index is 11.7. The van der Waals surface area contributed by atoms with E-state index in [4.69, 9.17) is 4.74 Å². The van der Waals surface area contributed by atoms with Gasteiger partial charge in [0.05, 0.1) is 5.69 Å². The predicted octanol–water partition coefficient (Wildman–Crippen LogP) is 2.83. The molecule has 1 aromatic carbocycles. The van der Waals surface area contributed by atoms with E-state index >= 15 is 0 Å². The molecule has 1 aromatic rings. The Morgan fingerprint density at radius 3 is 2.50 bits per heavy atom.